The van der Waals surface area contributed by atoms with Crippen molar-refractivity contribution in [3.63, 3.8) is 0 Å². The molecule has 2 N–H and O–H groups in total. The van der Waals surface area contributed by atoms with Gasteiger partial charge in [-0.3, -0.25) is 0 Å². The summed E-state index contributed by atoms with van der Waals surface area (Å²) in [7, 11) is 1.70. The second-order valence-electron chi connectivity index (χ2n) is 4.80. The number of hydrogen-bond acceptors (Lipinski definition) is 4. The van der Waals surface area contributed by atoms with E-state index in [1.54, 1.807) is 13.4 Å². The second kappa shape index (κ2) is 7.12. The average Bonchev–Trinajstić information content (AvgIpc) is 2.97. The normalized spacial score (nSPS) is 13.9. The number of ether oxygens (including phenoxy) is 2. The van der Waals surface area contributed by atoms with Crippen LogP contribution >= 0.6 is 0 Å². The molecule has 4 nitrogen and oxygen atoms in total. The Morgan fingerprint density at radius 1 is 1.20 bits per heavy atom. The Bertz CT molecular complexity index is 491. The first kappa shape index (κ1) is 14.6. The van der Waals surface area contributed by atoms with Crippen molar-refractivity contribution in [2.45, 2.75) is 25.5 Å². The molecule has 0 radical (unpaired) electrons. The minimum Gasteiger partial charge on any atom is -0.481 e. The predicted molar refractivity (Wildman–Crippen MR) is 77.7 cm³/mol. The predicted octanol–water partition coefficient (Wildman–Crippen LogP) is 2.94. The summed E-state index contributed by atoms with van der Waals surface area (Å²) in [5.74, 6) is 1.52. The van der Waals surface area contributed by atoms with Gasteiger partial charge in [0.15, 0.2) is 6.10 Å². The lowest BCUT2D eigenvalue weighted by Crippen LogP contribution is -2.28. The molecule has 0 saturated heterocycles. The van der Waals surface area contributed by atoms with E-state index in [1.807, 2.05) is 43.3 Å². The van der Waals surface area contributed by atoms with Gasteiger partial charge in [-0.15, -0.1) is 0 Å². The van der Waals surface area contributed by atoms with Crippen molar-refractivity contribution in [1.29, 1.82) is 0 Å². The zero-order valence-corrected chi connectivity index (χ0v) is 11.9. The molecule has 2 unspecified atom stereocenters. The molecule has 2 atom stereocenters. The maximum absolute atomic E-state index is 5.97. The quantitative estimate of drug-likeness (QED) is 0.844. The smallest absolute Gasteiger partial charge is 0.171 e. The molecule has 0 fully saturated rings. The highest BCUT2D eigenvalue weighted by atomic mass is 16.5. The van der Waals surface area contributed by atoms with E-state index in [2.05, 4.69) is 0 Å². The van der Waals surface area contributed by atoms with E-state index in [-0.39, 0.29) is 12.1 Å². The number of methoxy groups -OCH3 is 1. The molecule has 0 amide bonds. The van der Waals surface area contributed by atoms with Gasteiger partial charge in [0.1, 0.15) is 11.5 Å². The monoisotopic (exact) mass is 275 g/mol. The summed E-state index contributed by atoms with van der Waals surface area (Å²) in [6.45, 7) is 2.62. The lowest BCUT2D eigenvalue weighted by molar-refractivity contribution is 0.153. The lowest BCUT2D eigenvalue weighted by Gasteiger charge is -2.20. The molecule has 0 bridgehead atoms. The van der Waals surface area contributed by atoms with Gasteiger partial charge >= 0.3 is 0 Å². The van der Waals surface area contributed by atoms with Crippen LogP contribution in [0.1, 0.15) is 24.4 Å². The summed E-state index contributed by atoms with van der Waals surface area (Å²) in [5, 5.41) is 0. The molecular weight excluding hydrogens is 254 g/mol. The van der Waals surface area contributed by atoms with E-state index in [4.69, 9.17) is 19.6 Å². The van der Waals surface area contributed by atoms with Crippen LogP contribution in [-0.4, -0.2) is 19.8 Å². The third-order valence-corrected chi connectivity index (χ3v) is 3.08. The summed E-state index contributed by atoms with van der Waals surface area (Å²) in [6.07, 6.45) is 2.24. The van der Waals surface area contributed by atoms with Crippen LogP contribution in [0.15, 0.2) is 47.1 Å². The van der Waals surface area contributed by atoms with Crippen LogP contribution in [0.2, 0.25) is 0 Å². The molecule has 1 heterocycles. The van der Waals surface area contributed by atoms with Crippen LogP contribution in [0.4, 0.5) is 0 Å². The van der Waals surface area contributed by atoms with Gasteiger partial charge in [0, 0.05) is 13.2 Å². The Kier molecular flexibility index (Phi) is 5.21. The highest BCUT2D eigenvalue weighted by Gasteiger charge is 2.20. The molecule has 4 heteroatoms. The summed E-state index contributed by atoms with van der Waals surface area (Å²) in [6, 6.07) is 11.5. The third kappa shape index (κ3) is 3.85. The molecule has 20 heavy (non-hydrogen) atoms. The largest absolute Gasteiger partial charge is 0.481 e. The number of furan rings is 1. The maximum atomic E-state index is 5.97. The van der Waals surface area contributed by atoms with E-state index in [9.17, 15) is 0 Å². The molecular formula is C16H21NO3. The van der Waals surface area contributed by atoms with Crippen LogP contribution in [0.5, 0.6) is 5.75 Å². The fraction of sp³-hybridized carbons (Fsp3) is 0.375. The van der Waals surface area contributed by atoms with Gasteiger partial charge in [-0.1, -0.05) is 12.1 Å². The van der Waals surface area contributed by atoms with E-state index in [0.717, 1.165) is 24.5 Å². The van der Waals surface area contributed by atoms with Crippen LogP contribution in [0, 0.1) is 0 Å². The van der Waals surface area contributed by atoms with E-state index >= 15 is 0 Å². The van der Waals surface area contributed by atoms with Crippen LogP contribution in [0.3, 0.4) is 0 Å². The lowest BCUT2D eigenvalue weighted by atomic mass is 10.1. The molecule has 0 aliphatic carbocycles. The van der Waals surface area contributed by atoms with Gasteiger partial charge in [-0.25, -0.2) is 0 Å². The minimum absolute atomic E-state index is 0.158. The number of benzene rings is 1. The van der Waals surface area contributed by atoms with Crippen molar-refractivity contribution in [3.8, 4) is 5.75 Å². The molecule has 2 aromatic rings. The summed E-state index contributed by atoms with van der Waals surface area (Å²) < 4.78 is 16.4. The Balaban J connectivity index is 2.04. The summed E-state index contributed by atoms with van der Waals surface area (Å²) in [4.78, 5) is 0. The number of nitrogens with two attached hydrogens (primary N) is 1. The number of hydrogen-bond donors (Lipinski definition) is 1. The highest BCUT2D eigenvalue weighted by molar-refractivity contribution is 5.28. The topological polar surface area (TPSA) is 57.6 Å². The Morgan fingerprint density at radius 2 is 1.95 bits per heavy atom. The van der Waals surface area contributed by atoms with Crippen molar-refractivity contribution in [2.24, 2.45) is 5.73 Å². The highest BCUT2D eigenvalue weighted by Crippen LogP contribution is 2.24. The van der Waals surface area contributed by atoms with E-state index < -0.39 is 0 Å². The first-order valence-corrected chi connectivity index (χ1v) is 6.74. The first-order valence-electron chi connectivity index (χ1n) is 6.74. The molecule has 0 spiro atoms. The fourth-order valence-corrected chi connectivity index (χ4v) is 1.98. The van der Waals surface area contributed by atoms with Gasteiger partial charge in [0.25, 0.3) is 0 Å². The fourth-order valence-electron chi connectivity index (χ4n) is 1.98. The van der Waals surface area contributed by atoms with Crippen LogP contribution in [-0.2, 0) is 11.2 Å². The molecule has 0 aliphatic rings. The Morgan fingerprint density at radius 3 is 2.50 bits per heavy atom. The van der Waals surface area contributed by atoms with Gasteiger partial charge in [0.05, 0.1) is 12.9 Å². The standard InChI is InChI=1S/C16H21NO3/c1-12(17)16(15-4-3-10-19-15)20-14-7-5-13(6-8-14)9-11-18-2/h3-8,10,12,16H,9,11,17H2,1-2H3. The molecule has 2 rings (SSSR count). The van der Waals surface area contributed by atoms with Crippen molar-refractivity contribution in [1.82, 2.24) is 0 Å². The second-order valence-corrected chi connectivity index (χ2v) is 4.80. The van der Waals surface area contributed by atoms with Gasteiger partial charge < -0.3 is 19.6 Å². The SMILES string of the molecule is COCCc1ccc(OC(c2ccco2)C(C)N)cc1. The molecule has 1 aromatic carbocycles. The molecule has 0 aliphatic heterocycles. The van der Waals surface area contributed by atoms with E-state index in [0.29, 0.717) is 0 Å². The number of rotatable bonds is 7. The van der Waals surface area contributed by atoms with E-state index in [1.165, 1.54) is 5.56 Å². The van der Waals surface area contributed by atoms with Crippen molar-refractivity contribution >= 4 is 0 Å². The zero-order valence-electron chi connectivity index (χ0n) is 11.9. The van der Waals surface area contributed by atoms with Crippen LogP contribution < -0.4 is 10.5 Å². The minimum atomic E-state index is -0.283. The maximum Gasteiger partial charge on any atom is 0.171 e. The summed E-state index contributed by atoms with van der Waals surface area (Å²) in [5.41, 5.74) is 7.19. The molecule has 108 valence electrons. The first-order chi connectivity index (χ1) is 9.70. The third-order valence-electron chi connectivity index (χ3n) is 3.08. The van der Waals surface area contributed by atoms with Gasteiger partial charge in [-0.05, 0) is 43.2 Å². The van der Waals surface area contributed by atoms with Gasteiger partial charge in [-0.2, -0.15) is 0 Å². The zero-order chi connectivity index (χ0) is 14.4. The molecule has 0 saturated carbocycles. The summed E-state index contributed by atoms with van der Waals surface area (Å²) >= 11 is 0. The Hall–Kier alpha value is -1.78. The van der Waals surface area contributed by atoms with Crippen molar-refractivity contribution in [3.05, 3.63) is 54.0 Å². The van der Waals surface area contributed by atoms with Crippen LogP contribution in [0.25, 0.3) is 0 Å². The van der Waals surface area contributed by atoms with Crippen molar-refractivity contribution < 1.29 is 13.9 Å². The Labute approximate surface area is 119 Å². The van der Waals surface area contributed by atoms with Crippen molar-refractivity contribution in [2.75, 3.05) is 13.7 Å². The van der Waals surface area contributed by atoms with Gasteiger partial charge in [0.2, 0.25) is 0 Å². The average molecular weight is 275 g/mol. The molecule has 1 aromatic heterocycles.